The number of hydrogen-bond acceptors (Lipinski definition) is 4. The third-order valence-electron chi connectivity index (χ3n) is 6.35. The molecular weight excluding hydrogens is 428 g/mol. The van der Waals surface area contributed by atoms with E-state index in [0.29, 0.717) is 12.1 Å². The van der Waals surface area contributed by atoms with Gasteiger partial charge in [0, 0.05) is 35.9 Å². The number of carbonyl (C=O) groups excluding carboxylic acids is 1. The molecule has 3 aromatic carbocycles. The van der Waals surface area contributed by atoms with Gasteiger partial charge in [-0.2, -0.15) is 0 Å². The van der Waals surface area contributed by atoms with Crippen molar-refractivity contribution in [3.63, 3.8) is 0 Å². The van der Waals surface area contributed by atoms with E-state index in [1.807, 2.05) is 30.5 Å². The smallest absolute Gasteiger partial charge is 0.253 e. The molecule has 0 aliphatic carbocycles. The number of benzene rings is 3. The Bertz CT molecular complexity index is 1470. The van der Waals surface area contributed by atoms with Crippen molar-refractivity contribution in [2.45, 2.75) is 19.3 Å². The highest BCUT2D eigenvalue weighted by atomic mass is 32.1. The number of aromatic nitrogens is 2. The molecule has 0 unspecified atom stereocenters. The summed E-state index contributed by atoms with van der Waals surface area (Å²) in [4.78, 5) is 23.6. The summed E-state index contributed by atoms with van der Waals surface area (Å²) in [6, 6.07) is 22.7. The van der Waals surface area contributed by atoms with Gasteiger partial charge in [0.05, 0.1) is 15.8 Å². The van der Waals surface area contributed by atoms with Crippen LogP contribution < -0.4 is 10.2 Å². The molecule has 164 valence electrons. The molecule has 33 heavy (non-hydrogen) atoms. The topological polar surface area (TPSA) is 61.0 Å². The summed E-state index contributed by atoms with van der Waals surface area (Å²) in [7, 11) is 0. The Kier molecular flexibility index (Phi) is 5.07. The first-order valence-electron chi connectivity index (χ1n) is 11.4. The number of nitrogens with zero attached hydrogens (tertiary/aromatic N) is 2. The number of thiazole rings is 1. The number of carbonyl (C=O) groups is 1. The summed E-state index contributed by atoms with van der Waals surface area (Å²) in [5.74, 6) is -0.0728. The summed E-state index contributed by atoms with van der Waals surface area (Å²) in [6.45, 7) is 1.52. The molecule has 0 radical (unpaired) electrons. The van der Waals surface area contributed by atoms with Crippen LogP contribution in [0.2, 0.25) is 0 Å². The number of nitrogens with one attached hydrogen (secondary N) is 2. The number of rotatable bonds is 5. The Balaban J connectivity index is 1.23. The summed E-state index contributed by atoms with van der Waals surface area (Å²) >= 11 is 1.65. The lowest BCUT2D eigenvalue weighted by molar-refractivity contribution is 0.0955. The molecule has 0 saturated heterocycles. The number of aryl methyl sites for hydroxylation is 1. The van der Waals surface area contributed by atoms with Gasteiger partial charge in [-0.1, -0.05) is 53.8 Å². The van der Waals surface area contributed by atoms with Crippen molar-refractivity contribution in [3.8, 4) is 0 Å². The fourth-order valence-electron chi connectivity index (χ4n) is 4.71. The average molecular weight is 453 g/mol. The van der Waals surface area contributed by atoms with E-state index in [-0.39, 0.29) is 5.91 Å². The maximum Gasteiger partial charge on any atom is 0.253 e. The van der Waals surface area contributed by atoms with E-state index in [4.69, 9.17) is 4.98 Å². The first kappa shape index (κ1) is 20.0. The van der Waals surface area contributed by atoms with Gasteiger partial charge in [0.1, 0.15) is 0 Å². The standard InChI is InChI=1S/C27H24N4OS/c32-26(28-15-14-19-17-29-22-11-3-2-9-20(19)22)21-10-5-13-24-25(21)30-27(33-24)31-16-6-8-18-7-1-4-12-23(18)31/h1-5,7,9-13,17,29H,6,8,14-16H2,(H,28,32). The second-order valence-electron chi connectivity index (χ2n) is 8.40. The molecule has 2 N–H and O–H groups in total. The Labute approximate surface area is 196 Å². The van der Waals surface area contributed by atoms with Gasteiger partial charge in [-0.05, 0) is 54.7 Å². The van der Waals surface area contributed by atoms with Crippen LogP contribution in [0.5, 0.6) is 0 Å². The molecule has 1 aliphatic rings. The minimum atomic E-state index is -0.0728. The lowest BCUT2D eigenvalue weighted by atomic mass is 10.0. The lowest BCUT2D eigenvalue weighted by Crippen LogP contribution is -2.26. The fraction of sp³-hybridized carbons (Fsp3) is 0.185. The zero-order valence-corrected chi connectivity index (χ0v) is 19.0. The Morgan fingerprint density at radius 3 is 2.91 bits per heavy atom. The highest BCUT2D eigenvalue weighted by Crippen LogP contribution is 2.38. The Morgan fingerprint density at radius 1 is 1.06 bits per heavy atom. The van der Waals surface area contributed by atoms with Crippen molar-refractivity contribution in [2.75, 3.05) is 18.0 Å². The first-order valence-corrected chi connectivity index (χ1v) is 12.2. The van der Waals surface area contributed by atoms with E-state index >= 15 is 0 Å². The van der Waals surface area contributed by atoms with E-state index < -0.39 is 0 Å². The number of hydrogen-bond donors (Lipinski definition) is 2. The number of fused-ring (bicyclic) bond motifs is 3. The van der Waals surface area contributed by atoms with Crippen molar-refractivity contribution in [2.24, 2.45) is 0 Å². The number of para-hydroxylation sites is 3. The second kappa shape index (κ2) is 8.37. The van der Waals surface area contributed by atoms with Crippen molar-refractivity contribution >= 4 is 49.2 Å². The molecular formula is C27H24N4OS. The molecule has 2 aromatic heterocycles. The van der Waals surface area contributed by atoms with E-state index in [1.165, 1.54) is 22.2 Å². The maximum absolute atomic E-state index is 13.1. The van der Waals surface area contributed by atoms with Gasteiger partial charge in [-0.15, -0.1) is 0 Å². The van der Waals surface area contributed by atoms with Gasteiger partial charge in [0.2, 0.25) is 0 Å². The Morgan fingerprint density at radius 2 is 1.94 bits per heavy atom. The normalized spacial score (nSPS) is 13.4. The second-order valence-corrected chi connectivity index (χ2v) is 9.41. The molecule has 6 rings (SSSR count). The molecule has 6 heteroatoms. The summed E-state index contributed by atoms with van der Waals surface area (Å²) in [5, 5.41) is 5.26. The van der Waals surface area contributed by atoms with Gasteiger partial charge < -0.3 is 15.2 Å². The minimum Gasteiger partial charge on any atom is -0.361 e. The summed E-state index contributed by atoms with van der Waals surface area (Å²) in [5.41, 5.74) is 6.34. The van der Waals surface area contributed by atoms with Crippen LogP contribution in [0.25, 0.3) is 21.1 Å². The zero-order valence-electron chi connectivity index (χ0n) is 18.2. The highest BCUT2D eigenvalue weighted by Gasteiger charge is 2.22. The minimum absolute atomic E-state index is 0.0728. The quantitative estimate of drug-likeness (QED) is 0.352. The molecule has 0 fully saturated rings. The highest BCUT2D eigenvalue weighted by molar-refractivity contribution is 7.22. The predicted molar refractivity (Wildman–Crippen MR) is 136 cm³/mol. The van der Waals surface area contributed by atoms with E-state index in [0.717, 1.165) is 46.7 Å². The van der Waals surface area contributed by atoms with Crippen LogP contribution in [0.4, 0.5) is 10.8 Å². The average Bonchev–Trinajstić information content (AvgIpc) is 3.48. The van der Waals surface area contributed by atoms with Crippen molar-refractivity contribution in [1.29, 1.82) is 0 Å². The number of amides is 1. The first-order chi connectivity index (χ1) is 16.3. The number of H-pyrrole nitrogens is 1. The van der Waals surface area contributed by atoms with Gasteiger partial charge in [-0.25, -0.2) is 4.98 Å². The van der Waals surface area contributed by atoms with Crippen LogP contribution in [0.15, 0.2) is 72.9 Å². The molecule has 0 bridgehead atoms. The molecule has 1 aliphatic heterocycles. The van der Waals surface area contributed by atoms with Crippen LogP contribution in [0, 0.1) is 0 Å². The molecule has 5 nitrogen and oxygen atoms in total. The van der Waals surface area contributed by atoms with Crippen molar-refractivity contribution in [3.05, 3.63) is 89.6 Å². The third kappa shape index (κ3) is 3.66. The molecule has 1 amide bonds. The van der Waals surface area contributed by atoms with E-state index in [2.05, 4.69) is 57.7 Å². The van der Waals surface area contributed by atoms with Gasteiger partial charge in [-0.3, -0.25) is 4.79 Å². The number of anilines is 2. The third-order valence-corrected chi connectivity index (χ3v) is 7.39. The van der Waals surface area contributed by atoms with Gasteiger partial charge >= 0.3 is 0 Å². The van der Waals surface area contributed by atoms with Crippen LogP contribution in [0.1, 0.15) is 27.9 Å². The zero-order chi connectivity index (χ0) is 22.2. The molecule has 0 spiro atoms. The molecule has 0 saturated carbocycles. The fourth-order valence-corrected chi connectivity index (χ4v) is 5.74. The lowest BCUT2D eigenvalue weighted by Gasteiger charge is -2.28. The van der Waals surface area contributed by atoms with Crippen LogP contribution in [-0.4, -0.2) is 29.0 Å². The molecule has 0 atom stereocenters. The number of aromatic amines is 1. The monoisotopic (exact) mass is 452 g/mol. The summed E-state index contributed by atoms with van der Waals surface area (Å²) < 4.78 is 1.04. The van der Waals surface area contributed by atoms with Crippen LogP contribution >= 0.6 is 11.3 Å². The maximum atomic E-state index is 13.1. The largest absolute Gasteiger partial charge is 0.361 e. The molecule has 3 heterocycles. The van der Waals surface area contributed by atoms with E-state index in [9.17, 15) is 4.79 Å². The molecule has 5 aromatic rings. The van der Waals surface area contributed by atoms with E-state index in [1.54, 1.807) is 11.3 Å². The van der Waals surface area contributed by atoms with Gasteiger partial charge in [0.15, 0.2) is 5.13 Å². The van der Waals surface area contributed by atoms with Crippen LogP contribution in [0.3, 0.4) is 0 Å². The Hall–Kier alpha value is -3.64. The predicted octanol–water partition coefficient (Wildman–Crippen LogP) is 5.83. The van der Waals surface area contributed by atoms with Crippen molar-refractivity contribution in [1.82, 2.24) is 15.3 Å². The van der Waals surface area contributed by atoms with Crippen LogP contribution in [-0.2, 0) is 12.8 Å². The van der Waals surface area contributed by atoms with Gasteiger partial charge in [0.25, 0.3) is 5.91 Å². The van der Waals surface area contributed by atoms with Crippen molar-refractivity contribution < 1.29 is 4.79 Å². The summed E-state index contributed by atoms with van der Waals surface area (Å²) in [6.07, 6.45) is 5.01. The SMILES string of the molecule is O=C(NCCc1c[nH]c2ccccc12)c1cccc2sc(N3CCCc4ccccc43)nc12.